The summed E-state index contributed by atoms with van der Waals surface area (Å²) in [5.41, 5.74) is 0.801. The van der Waals surface area contributed by atoms with E-state index < -0.39 is 15.8 Å². The van der Waals surface area contributed by atoms with Crippen molar-refractivity contribution in [3.63, 3.8) is 0 Å². The quantitative estimate of drug-likeness (QED) is 0.865. The minimum absolute atomic E-state index is 0.0768. The first kappa shape index (κ1) is 17.9. The van der Waals surface area contributed by atoms with Crippen LogP contribution in [-0.2, 0) is 10.0 Å². The predicted molar refractivity (Wildman–Crippen MR) is 89.5 cm³/mol. The molecule has 0 aliphatic heterocycles. The largest absolute Gasteiger partial charge is 0.301 e. The van der Waals surface area contributed by atoms with Gasteiger partial charge in [-0.05, 0) is 37.9 Å². The third-order valence-electron chi connectivity index (χ3n) is 3.48. The van der Waals surface area contributed by atoms with E-state index in [2.05, 4.69) is 4.72 Å². The Bertz CT molecular complexity index is 781. The summed E-state index contributed by atoms with van der Waals surface area (Å²) in [5.74, 6) is -0.779. The number of hydrogen-bond donors (Lipinski definition) is 1. The van der Waals surface area contributed by atoms with Gasteiger partial charge in [-0.2, -0.15) is 0 Å². The second-order valence-corrected chi connectivity index (χ2v) is 7.43. The molecule has 0 aromatic heterocycles. The van der Waals surface area contributed by atoms with Gasteiger partial charge in [0.15, 0.2) is 0 Å². The summed E-state index contributed by atoms with van der Waals surface area (Å²) < 4.78 is 40.7. The maximum Gasteiger partial charge on any atom is 0.243 e. The van der Waals surface area contributed by atoms with Gasteiger partial charge in [-0.1, -0.05) is 41.9 Å². The van der Waals surface area contributed by atoms with Gasteiger partial charge in [-0.15, -0.1) is 0 Å². The maximum absolute atomic E-state index is 13.7. The lowest BCUT2D eigenvalue weighted by Gasteiger charge is -2.26. The van der Waals surface area contributed by atoms with Crippen molar-refractivity contribution >= 4 is 21.6 Å². The van der Waals surface area contributed by atoms with Crippen LogP contribution < -0.4 is 4.72 Å². The van der Waals surface area contributed by atoms with Gasteiger partial charge in [-0.25, -0.2) is 17.5 Å². The minimum atomic E-state index is -3.94. The third kappa shape index (κ3) is 4.29. The van der Waals surface area contributed by atoms with E-state index in [0.29, 0.717) is 5.02 Å². The molecular formula is C16H18ClFN2O2S. The van der Waals surface area contributed by atoms with Crippen LogP contribution in [-0.4, -0.2) is 34.0 Å². The van der Waals surface area contributed by atoms with Gasteiger partial charge in [0.25, 0.3) is 0 Å². The van der Waals surface area contributed by atoms with Gasteiger partial charge >= 0.3 is 0 Å². The molecule has 1 N–H and O–H groups in total. The summed E-state index contributed by atoms with van der Waals surface area (Å²) in [6.07, 6.45) is 0. The fraction of sp³-hybridized carbons (Fsp3) is 0.250. The lowest BCUT2D eigenvalue weighted by atomic mass is 10.1. The molecule has 2 aromatic rings. The van der Waals surface area contributed by atoms with E-state index in [1.807, 2.05) is 37.2 Å². The highest BCUT2D eigenvalue weighted by Crippen LogP contribution is 2.26. The van der Waals surface area contributed by atoms with Crippen molar-refractivity contribution in [3.05, 3.63) is 64.9 Å². The summed E-state index contributed by atoms with van der Waals surface area (Å²) in [4.78, 5) is 1.49. The second kappa shape index (κ2) is 7.40. The number of likely N-dealkylation sites (N-methyl/N-ethyl adjacent to an activating group) is 1. The summed E-state index contributed by atoms with van der Waals surface area (Å²) >= 11 is 6.19. The first-order chi connectivity index (χ1) is 10.8. The molecule has 23 heavy (non-hydrogen) atoms. The molecule has 0 aliphatic carbocycles. The van der Waals surface area contributed by atoms with E-state index in [1.54, 1.807) is 6.07 Å². The van der Waals surface area contributed by atoms with Crippen LogP contribution in [0, 0.1) is 5.82 Å². The van der Waals surface area contributed by atoms with Gasteiger partial charge in [0, 0.05) is 17.6 Å². The molecule has 0 fully saturated rings. The summed E-state index contributed by atoms with van der Waals surface area (Å²) in [5, 5.41) is 0.552. The van der Waals surface area contributed by atoms with Gasteiger partial charge in [0.1, 0.15) is 10.7 Å². The van der Waals surface area contributed by atoms with E-state index in [4.69, 9.17) is 11.6 Å². The fourth-order valence-corrected chi connectivity index (χ4v) is 3.62. The van der Waals surface area contributed by atoms with Crippen molar-refractivity contribution in [1.29, 1.82) is 0 Å². The highest BCUT2D eigenvalue weighted by atomic mass is 35.5. The molecule has 2 aromatic carbocycles. The molecule has 1 atom stereocenters. The zero-order chi connectivity index (χ0) is 17.0. The first-order valence-electron chi connectivity index (χ1n) is 6.98. The summed E-state index contributed by atoms with van der Waals surface area (Å²) in [6.45, 7) is 0.0768. The standard InChI is InChI=1S/C16H18ClFN2O2S/c1-20(2)15(12-7-3-4-8-13(12)17)11-19-23(21,22)16-10-6-5-9-14(16)18/h3-10,15,19H,11H2,1-2H3/t15-/m1/s1. The van der Waals surface area contributed by atoms with Crippen molar-refractivity contribution in [3.8, 4) is 0 Å². The normalized spacial score (nSPS) is 13.3. The van der Waals surface area contributed by atoms with Gasteiger partial charge in [0.05, 0.1) is 0 Å². The second-order valence-electron chi connectivity index (χ2n) is 5.28. The smallest absolute Gasteiger partial charge is 0.243 e. The zero-order valence-corrected chi connectivity index (χ0v) is 14.4. The molecule has 0 unspecified atom stereocenters. The SMILES string of the molecule is CN(C)[C@H](CNS(=O)(=O)c1ccccc1F)c1ccccc1Cl. The lowest BCUT2D eigenvalue weighted by molar-refractivity contribution is 0.299. The van der Waals surface area contributed by atoms with Gasteiger partial charge in [0.2, 0.25) is 10.0 Å². The molecule has 0 aliphatic rings. The molecule has 0 amide bonds. The Labute approximate surface area is 140 Å². The fourth-order valence-electron chi connectivity index (χ4n) is 2.25. The van der Waals surface area contributed by atoms with Crippen molar-refractivity contribution in [2.75, 3.05) is 20.6 Å². The Morgan fingerprint density at radius 3 is 2.35 bits per heavy atom. The number of nitrogens with one attached hydrogen (secondary N) is 1. The predicted octanol–water partition coefficient (Wildman–Crippen LogP) is 3.06. The van der Waals surface area contributed by atoms with Crippen LogP contribution >= 0.6 is 11.6 Å². The van der Waals surface area contributed by atoms with Gasteiger partial charge < -0.3 is 4.90 Å². The highest BCUT2D eigenvalue weighted by molar-refractivity contribution is 7.89. The molecule has 0 bridgehead atoms. The van der Waals surface area contributed by atoms with Crippen LogP contribution in [0.2, 0.25) is 5.02 Å². The topological polar surface area (TPSA) is 49.4 Å². The molecule has 4 nitrogen and oxygen atoms in total. The zero-order valence-electron chi connectivity index (χ0n) is 12.8. The van der Waals surface area contributed by atoms with Crippen molar-refractivity contribution in [1.82, 2.24) is 9.62 Å². The Kier molecular flexibility index (Phi) is 5.75. The molecule has 0 heterocycles. The monoisotopic (exact) mass is 356 g/mol. The van der Waals surface area contributed by atoms with Gasteiger partial charge in [-0.3, -0.25) is 0 Å². The van der Waals surface area contributed by atoms with E-state index in [9.17, 15) is 12.8 Å². The van der Waals surface area contributed by atoms with E-state index in [1.165, 1.54) is 18.2 Å². The average Bonchev–Trinajstić information content (AvgIpc) is 2.49. The number of rotatable bonds is 6. The molecular weight excluding hydrogens is 339 g/mol. The van der Waals surface area contributed by atoms with E-state index in [0.717, 1.165) is 11.6 Å². The van der Waals surface area contributed by atoms with Crippen molar-refractivity contribution in [2.24, 2.45) is 0 Å². The molecule has 0 spiro atoms. The third-order valence-corrected chi connectivity index (χ3v) is 5.28. The molecule has 0 saturated heterocycles. The van der Waals surface area contributed by atoms with Crippen LogP contribution in [0.3, 0.4) is 0 Å². The lowest BCUT2D eigenvalue weighted by Crippen LogP contribution is -2.35. The van der Waals surface area contributed by atoms with Crippen molar-refractivity contribution < 1.29 is 12.8 Å². The summed E-state index contributed by atoms with van der Waals surface area (Å²) in [6, 6.07) is 12.2. The van der Waals surface area contributed by atoms with Crippen LogP contribution in [0.25, 0.3) is 0 Å². The van der Waals surface area contributed by atoms with E-state index in [-0.39, 0.29) is 17.5 Å². The van der Waals surface area contributed by atoms with Crippen LogP contribution in [0.15, 0.2) is 53.4 Å². The van der Waals surface area contributed by atoms with E-state index >= 15 is 0 Å². The molecule has 124 valence electrons. The molecule has 0 radical (unpaired) electrons. The number of nitrogens with zero attached hydrogens (tertiary/aromatic N) is 1. The number of sulfonamides is 1. The number of benzene rings is 2. The Balaban J connectivity index is 2.23. The van der Waals surface area contributed by atoms with Crippen molar-refractivity contribution in [2.45, 2.75) is 10.9 Å². The Morgan fingerprint density at radius 1 is 1.13 bits per heavy atom. The molecule has 7 heteroatoms. The molecule has 2 rings (SSSR count). The number of hydrogen-bond acceptors (Lipinski definition) is 3. The average molecular weight is 357 g/mol. The Hall–Kier alpha value is -1.47. The Morgan fingerprint density at radius 2 is 1.74 bits per heavy atom. The molecule has 0 saturated carbocycles. The highest BCUT2D eigenvalue weighted by Gasteiger charge is 2.23. The number of halogens is 2. The minimum Gasteiger partial charge on any atom is -0.301 e. The van der Waals surface area contributed by atoms with Crippen LogP contribution in [0.4, 0.5) is 4.39 Å². The maximum atomic E-state index is 13.7. The first-order valence-corrected chi connectivity index (χ1v) is 8.84. The van der Waals surface area contributed by atoms with Crippen LogP contribution in [0.5, 0.6) is 0 Å². The summed E-state index contributed by atoms with van der Waals surface area (Å²) in [7, 11) is -0.286. The van der Waals surface area contributed by atoms with Crippen LogP contribution in [0.1, 0.15) is 11.6 Å².